The SMILES string of the molecule is CCOC1CSC2(C1)CN(C(=O)c1cc3ccccc3o1)C2. The normalized spacial score (nSPS) is 23.1. The topological polar surface area (TPSA) is 42.7 Å². The number of amides is 1. The van der Waals surface area contributed by atoms with Gasteiger partial charge in [-0.25, -0.2) is 0 Å². The summed E-state index contributed by atoms with van der Waals surface area (Å²) in [6, 6.07) is 9.57. The average molecular weight is 317 g/mol. The molecule has 1 atom stereocenters. The number of carbonyl (C=O) groups excluding carboxylic acids is 1. The number of likely N-dealkylation sites (tertiary alicyclic amines) is 1. The number of nitrogens with zero attached hydrogens (tertiary/aromatic N) is 1. The van der Waals surface area contributed by atoms with Crippen molar-refractivity contribution in [1.82, 2.24) is 4.90 Å². The highest BCUT2D eigenvalue weighted by atomic mass is 32.2. The molecule has 0 saturated carbocycles. The van der Waals surface area contributed by atoms with E-state index in [4.69, 9.17) is 9.15 Å². The summed E-state index contributed by atoms with van der Waals surface area (Å²) in [5.74, 6) is 1.49. The predicted molar refractivity (Wildman–Crippen MR) is 87.3 cm³/mol. The van der Waals surface area contributed by atoms with Crippen LogP contribution in [-0.4, -0.2) is 47.1 Å². The Morgan fingerprint density at radius 1 is 1.45 bits per heavy atom. The smallest absolute Gasteiger partial charge is 0.289 e. The standard InChI is InChI=1S/C17H19NO3S/c1-2-20-13-8-17(22-9-13)10-18(11-17)16(19)15-7-12-5-3-4-6-14(12)21-15/h3-7,13H,2,8-11H2,1H3. The van der Waals surface area contributed by atoms with Crippen LogP contribution in [0.5, 0.6) is 0 Å². The molecule has 1 aromatic heterocycles. The van der Waals surface area contributed by atoms with Crippen LogP contribution in [0.1, 0.15) is 23.9 Å². The second kappa shape index (κ2) is 5.32. The number of hydrogen-bond donors (Lipinski definition) is 0. The Kier molecular flexibility index (Phi) is 3.42. The molecule has 4 rings (SSSR count). The first-order chi connectivity index (χ1) is 10.7. The molecule has 2 aliphatic heterocycles. The molecule has 4 nitrogen and oxygen atoms in total. The molecule has 5 heteroatoms. The number of thioether (sulfide) groups is 1. The maximum absolute atomic E-state index is 12.5. The zero-order valence-electron chi connectivity index (χ0n) is 12.6. The van der Waals surface area contributed by atoms with Crippen molar-refractivity contribution in [3.8, 4) is 0 Å². The van der Waals surface area contributed by atoms with Crippen molar-refractivity contribution in [3.05, 3.63) is 36.1 Å². The van der Waals surface area contributed by atoms with Crippen LogP contribution in [0.3, 0.4) is 0 Å². The second-order valence-corrected chi connectivity index (χ2v) is 7.57. The van der Waals surface area contributed by atoms with E-state index in [0.29, 0.717) is 11.9 Å². The molecular weight excluding hydrogens is 298 g/mol. The predicted octanol–water partition coefficient (Wildman–Crippen LogP) is 3.17. The average Bonchev–Trinajstić information content (AvgIpc) is 3.09. The lowest BCUT2D eigenvalue weighted by atomic mass is 9.92. The fourth-order valence-corrected chi connectivity index (χ4v) is 4.95. The molecule has 1 amide bonds. The van der Waals surface area contributed by atoms with Gasteiger partial charge in [-0.2, -0.15) is 0 Å². The van der Waals surface area contributed by atoms with Crippen molar-refractivity contribution >= 4 is 28.6 Å². The van der Waals surface area contributed by atoms with E-state index in [9.17, 15) is 4.79 Å². The Morgan fingerprint density at radius 2 is 2.27 bits per heavy atom. The Hall–Kier alpha value is -1.46. The Morgan fingerprint density at radius 3 is 3.05 bits per heavy atom. The largest absolute Gasteiger partial charge is 0.451 e. The van der Waals surface area contributed by atoms with Crippen molar-refractivity contribution in [2.45, 2.75) is 24.2 Å². The van der Waals surface area contributed by atoms with Crippen LogP contribution in [0.4, 0.5) is 0 Å². The van der Waals surface area contributed by atoms with E-state index in [1.807, 2.05) is 53.9 Å². The lowest BCUT2D eigenvalue weighted by molar-refractivity contribution is 0.0342. The molecule has 3 heterocycles. The van der Waals surface area contributed by atoms with Crippen LogP contribution >= 0.6 is 11.8 Å². The quantitative estimate of drug-likeness (QED) is 0.872. The number of rotatable bonds is 3. The third kappa shape index (κ3) is 2.32. The van der Waals surface area contributed by atoms with E-state index >= 15 is 0 Å². The molecule has 0 aliphatic carbocycles. The van der Waals surface area contributed by atoms with Gasteiger partial charge >= 0.3 is 0 Å². The second-order valence-electron chi connectivity index (χ2n) is 6.09. The molecule has 2 aromatic rings. The van der Waals surface area contributed by atoms with E-state index < -0.39 is 0 Å². The van der Waals surface area contributed by atoms with E-state index in [-0.39, 0.29) is 10.7 Å². The summed E-state index contributed by atoms with van der Waals surface area (Å²) in [4.78, 5) is 14.4. The lowest BCUT2D eigenvalue weighted by Crippen LogP contribution is -2.60. The van der Waals surface area contributed by atoms with Gasteiger partial charge in [-0.1, -0.05) is 18.2 Å². The Balaban J connectivity index is 1.43. The fraction of sp³-hybridized carbons (Fsp3) is 0.471. The summed E-state index contributed by atoms with van der Waals surface area (Å²) in [6.45, 7) is 4.41. The number of carbonyl (C=O) groups is 1. The molecule has 1 unspecified atom stereocenters. The first kappa shape index (κ1) is 14.2. The van der Waals surface area contributed by atoms with Gasteiger partial charge in [0.25, 0.3) is 5.91 Å². The maximum atomic E-state index is 12.5. The van der Waals surface area contributed by atoms with Crippen LogP contribution in [0.15, 0.2) is 34.7 Å². The molecule has 2 saturated heterocycles. The monoisotopic (exact) mass is 317 g/mol. The molecule has 2 aliphatic rings. The van der Waals surface area contributed by atoms with E-state index in [1.165, 1.54) is 0 Å². The van der Waals surface area contributed by atoms with Gasteiger partial charge < -0.3 is 14.1 Å². The van der Waals surface area contributed by atoms with Gasteiger partial charge in [0.1, 0.15) is 5.58 Å². The number of benzene rings is 1. The first-order valence-electron chi connectivity index (χ1n) is 7.72. The molecule has 0 N–H and O–H groups in total. The molecular formula is C17H19NO3S. The zero-order valence-corrected chi connectivity index (χ0v) is 13.4. The van der Waals surface area contributed by atoms with Crippen molar-refractivity contribution in [3.63, 3.8) is 0 Å². The van der Waals surface area contributed by atoms with E-state index in [1.54, 1.807) is 0 Å². The molecule has 0 bridgehead atoms. The van der Waals surface area contributed by atoms with Gasteiger partial charge in [-0.15, -0.1) is 11.8 Å². The summed E-state index contributed by atoms with van der Waals surface area (Å²) in [7, 11) is 0. The van der Waals surface area contributed by atoms with Crippen LogP contribution in [-0.2, 0) is 4.74 Å². The molecule has 2 fully saturated rings. The number of para-hydroxylation sites is 1. The molecule has 22 heavy (non-hydrogen) atoms. The van der Waals surface area contributed by atoms with Gasteiger partial charge in [0, 0.05) is 30.8 Å². The van der Waals surface area contributed by atoms with Gasteiger partial charge in [-0.05, 0) is 25.5 Å². The summed E-state index contributed by atoms with van der Waals surface area (Å²) in [6.07, 6.45) is 1.40. The zero-order chi connectivity index (χ0) is 15.2. The van der Waals surface area contributed by atoms with Crippen molar-refractivity contribution in [1.29, 1.82) is 0 Å². The molecule has 0 radical (unpaired) electrons. The number of hydrogen-bond acceptors (Lipinski definition) is 4. The van der Waals surface area contributed by atoms with E-state index in [2.05, 4.69) is 0 Å². The summed E-state index contributed by atoms with van der Waals surface area (Å²) in [5, 5.41) is 0.979. The summed E-state index contributed by atoms with van der Waals surface area (Å²) < 4.78 is 11.6. The number of fused-ring (bicyclic) bond motifs is 1. The molecule has 1 spiro atoms. The lowest BCUT2D eigenvalue weighted by Gasteiger charge is -2.47. The number of furan rings is 1. The van der Waals surface area contributed by atoms with Crippen LogP contribution < -0.4 is 0 Å². The van der Waals surface area contributed by atoms with Gasteiger partial charge in [0.2, 0.25) is 0 Å². The molecule has 1 aromatic carbocycles. The van der Waals surface area contributed by atoms with Crippen LogP contribution in [0.25, 0.3) is 11.0 Å². The summed E-state index contributed by atoms with van der Waals surface area (Å²) >= 11 is 1.95. The van der Waals surface area contributed by atoms with Crippen molar-refractivity contribution in [2.24, 2.45) is 0 Å². The maximum Gasteiger partial charge on any atom is 0.289 e. The minimum atomic E-state index is 0.00212. The van der Waals surface area contributed by atoms with Crippen molar-refractivity contribution < 1.29 is 13.9 Å². The number of ether oxygens (including phenoxy) is 1. The van der Waals surface area contributed by atoms with Gasteiger partial charge in [-0.3, -0.25) is 4.79 Å². The Labute approximate surface area is 133 Å². The van der Waals surface area contributed by atoms with Gasteiger partial charge in [0.05, 0.1) is 10.9 Å². The third-order valence-electron chi connectivity index (χ3n) is 4.46. The van der Waals surface area contributed by atoms with Crippen LogP contribution in [0.2, 0.25) is 0 Å². The minimum Gasteiger partial charge on any atom is -0.451 e. The first-order valence-corrected chi connectivity index (χ1v) is 8.71. The third-order valence-corrected chi connectivity index (χ3v) is 6.03. The fourth-order valence-electron chi connectivity index (χ4n) is 3.40. The molecule has 116 valence electrons. The van der Waals surface area contributed by atoms with E-state index in [0.717, 1.165) is 42.8 Å². The Bertz CT molecular complexity index is 672. The highest BCUT2D eigenvalue weighted by molar-refractivity contribution is 8.01. The highest BCUT2D eigenvalue weighted by Crippen LogP contribution is 2.46. The van der Waals surface area contributed by atoms with Gasteiger partial charge in [0.15, 0.2) is 5.76 Å². The minimum absolute atomic E-state index is 0.00212. The summed E-state index contributed by atoms with van der Waals surface area (Å²) in [5.41, 5.74) is 0.771. The van der Waals surface area contributed by atoms with Crippen LogP contribution in [0, 0.1) is 0 Å². The highest BCUT2D eigenvalue weighted by Gasteiger charge is 2.51. The van der Waals surface area contributed by atoms with Crippen molar-refractivity contribution in [2.75, 3.05) is 25.4 Å².